The molecule has 1 atom stereocenters. The highest BCUT2D eigenvalue weighted by atomic mass is 16.2. The number of aromatic nitrogens is 4. The number of carbonyl (C=O) groups is 1. The number of H-pyrrole nitrogens is 1. The van der Waals surface area contributed by atoms with Gasteiger partial charge in [0, 0.05) is 36.3 Å². The minimum Gasteiger partial charge on any atom is -0.397 e. The van der Waals surface area contributed by atoms with Crippen LogP contribution >= 0.6 is 0 Å². The molecule has 1 fully saturated rings. The normalized spacial score (nSPS) is 17.2. The molecule has 26 heavy (non-hydrogen) atoms. The molecule has 0 aliphatic carbocycles. The van der Waals surface area contributed by atoms with Crippen molar-refractivity contribution < 1.29 is 4.79 Å². The van der Waals surface area contributed by atoms with E-state index >= 15 is 0 Å². The molecule has 0 saturated carbocycles. The molecule has 0 radical (unpaired) electrons. The van der Waals surface area contributed by atoms with E-state index in [1.807, 2.05) is 13.0 Å². The Balaban J connectivity index is 1.73. The summed E-state index contributed by atoms with van der Waals surface area (Å²) >= 11 is 0. The molecule has 0 unspecified atom stereocenters. The van der Waals surface area contributed by atoms with E-state index in [2.05, 4.69) is 15.1 Å². The van der Waals surface area contributed by atoms with Crippen molar-refractivity contribution in [3.05, 3.63) is 57.4 Å². The van der Waals surface area contributed by atoms with E-state index in [-0.39, 0.29) is 17.5 Å². The van der Waals surface area contributed by atoms with Crippen LogP contribution in [-0.2, 0) is 0 Å². The monoisotopic (exact) mass is 352 g/mol. The third-order valence-corrected chi connectivity index (χ3v) is 4.98. The molecular weight excluding hydrogens is 332 g/mol. The van der Waals surface area contributed by atoms with E-state index in [4.69, 9.17) is 5.73 Å². The van der Waals surface area contributed by atoms with Gasteiger partial charge in [-0.05, 0) is 32.8 Å². The second kappa shape index (κ2) is 5.98. The number of nitrogens with two attached hydrogens (primary N) is 1. The molecule has 4 heterocycles. The summed E-state index contributed by atoms with van der Waals surface area (Å²) in [5.74, 6) is -0.112. The molecule has 3 aromatic rings. The molecule has 8 heteroatoms. The van der Waals surface area contributed by atoms with E-state index in [1.165, 1.54) is 16.9 Å². The Kier molecular flexibility index (Phi) is 3.75. The van der Waals surface area contributed by atoms with Gasteiger partial charge in [0.25, 0.3) is 11.5 Å². The maximum absolute atomic E-state index is 12.9. The molecule has 4 rings (SSSR count). The van der Waals surface area contributed by atoms with Gasteiger partial charge in [-0.25, -0.2) is 9.50 Å². The maximum atomic E-state index is 12.9. The highest BCUT2D eigenvalue weighted by Gasteiger charge is 2.32. The van der Waals surface area contributed by atoms with Gasteiger partial charge in [-0.2, -0.15) is 0 Å². The number of nitrogens with zero attached hydrogens (tertiary/aromatic N) is 4. The standard InChI is InChI=1S/C18H20N6O2/c1-10-11(2)21-16-7-14(22-24(16)17(10)25)15-4-3-5-23(15)18(26)12-6-13(19)9-20-8-12/h6-9,15,22H,3-5,19H2,1-2H3/t15-/m1/s1. The molecular formula is C18H20N6O2. The van der Waals surface area contributed by atoms with Crippen molar-refractivity contribution in [3.8, 4) is 0 Å². The minimum absolute atomic E-state index is 0.112. The van der Waals surface area contributed by atoms with Gasteiger partial charge in [-0.1, -0.05) is 0 Å². The lowest BCUT2D eigenvalue weighted by molar-refractivity contribution is 0.0732. The number of rotatable bonds is 2. The maximum Gasteiger partial charge on any atom is 0.275 e. The number of hydrogen-bond acceptors (Lipinski definition) is 5. The summed E-state index contributed by atoms with van der Waals surface area (Å²) in [5.41, 5.74) is 9.26. The van der Waals surface area contributed by atoms with Crippen molar-refractivity contribution in [2.24, 2.45) is 0 Å². The smallest absolute Gasteiger partial charge is 0.275 e. The zero-order valence-electron chi connectivity index (χ0n) is 14.7. The Labute approximate surface area is 149 Å². The van der Waals surface area contributed by atoms with Crippen LogP contribution in [0.2, 0.25) is 0 Å². The first-order chi connectivity index (χ1) is 12.5. The van der Waals surface area contributed by atoms with Crippen LogP contribution in [0.25, 0.3) is 5.65 Å². The number of amides is 1. The number of aryl methyl sites for hydroxylation is 1. The number of aromatic amines is 1. The van der Waals surface area contributed by atoms with Gasteiger partial charge in [0.1, 0.15) is 0 Å². The van der Waals surface area contributed by atoms with Gasteiger partial charge >= 0.3 is 0 Å². The molecule has 8 nitrogen and oxygen atoms in total. The largest absolute Gasteiger partial charge is 0.397 e. The molecule has 134 valence electrons. The summed E-state index contributed by atoms with van der Waals surface area (Å²) < 4.78 is 1.45. The van der Waals surface area contributed by atoms with E-state index in [1.54, 1.807) is 17.9 Å². The second-order valence-corrected chi connectivity index (χ2v) is 6.70. The van der Waals surface area contributed by atoms with Crippen molar-refractivity contribution in [2.75, 3.05) is 12.3 Å². The molecule has 1 aliphatic rings. The van der Waals surface area contributed by atoms with E-state index in [0.717, 1.165) is 18.5 Å². The summed E-state index contributed by atoms with van der Waals surface area (Å²) in [6.07, 6.45) is 4.75. The molecule has 0 aromatic carbocycles. The van der Waals surface area contributed by atoms with Crippen LogP contribution < -0.4 is 11.3 Å². The molecule has 1 aliphatic heterocycles. The van der Waals surface area contributed by atoms with E-state index < -0.39 is 0 Å². The number of anilines is 1. The Morgan fingerprint density at radius 2 is 2.12 bits per heavy atom. The molecule has 3 N–H and O–H groups in total. The third-order valence-electron chi connectivity index (χ3n) is 4.98. The van der Waals surface area contributed by atoms with Crippen LogP contribution in [0.5, 0.6) is 0 Å². The first-order valence-corrected chi connectivity index (χ1v) is 8.56. The van der Waals surface area contributed by atoms with Crippen LogP contribution in [0, 0.1) is 13.8 Å². The lowest BCUT2D eigenvalue weighted by atomic mass is 10.1. The topological polar surface area (TPSA) is 109 Å². The lowest BCUT2D eigenvalue weighted by Gasteiger charge is -2.23. The van der Waals surface area contributed by atoms with Crippen LogP contribution in [-0.4, -0.2) is 36.9 Å². The number of hydrogen-bond donors (Lipinski definition) is 2. The Morgan fingerprint density at radius 3 is 2.88 bits per heavy atom. The summed E-state index contributed by atoms with van der Waals surface area (Å²) in [5, 5.41) is 3.13. The number of carbonyl (C=O) groups excluding carboxylic acids is 1. The zero-order valence-corrected chi connectivity index (χ0v) is 14.7. The van der Waals surface area contributed by atoms with Crippen LogP contribution in [0.15, 0.2) is 29.3 Å². The van der Waals surface area contributed by atoms with Crippen molar-refractivity contribution in [3.63, 3.8) is 0 Å². The van der Waals surface area contributed by atoms with Crippen molar-refractivity contribution >= 4 is 17.2 Å². The fourth-order valence-corrected chi connectivity index (χ4v) is 3.48. The van der Waals surface area contributed by atoms with Gasteiger partial charge in [0.15, 0.2) is 5.65 Å². The average molecular weight is 352 g/mol. The minimum atomic E-state index is -0.134. The Hall–Kier alpha value is -3.16. The van der Waals surface area contributed by atoms with Crippen LogP contribution in [0.4, 0.5) is 5.69 Å². The molecule has 1 saturated heterocycles. The molecule has 0 spiro atoms. The van der Waals surface area contributed by atoms with Crippen LogP contribution in [0.3, 0.4) is 0 Å². The van der Waals surface area contributed by atoms with Gasteiger partial charge < -0.3 is 10.6 Å². The highest BCUT2D eigenvalue weighted by Crippen LogP contribution is 2.32. The zero-order chi connectivity index (χ0) is 18.4. The summed E-state index contributed by atoms with van der Waals surface area (Å²) in [4.78, 5) is 35.6. The third kappa shape index (κ3) is 2.54. The van der Waals surface area contributed by atoms with Gasteiger partial charge in [0.2, 0.25) is 0 Å². The summed E-state index contributed by atoms with van der Waals surface area (Å²) in [6, 6.07) is 3.35. The SMILES string of the molecule is Cc1nc2cc([C@H]3CCCN3C(=O)c3cncc(N)c3)[nH]n2c(=O)c1C. The van der Waals surface area contributed by atoms with Gasteiger partial charge in [-0.15, -0.1) is 0 Å². The fraction of sp³-hybridized carbons (Fsp3) is 0.333. The van der Waals surface area contributed by atoms with Gasteiger partial charge in [0.05, 0.1) is 23.0 Å². The van der Waals surface area contributed by atoms with E-state index in [0.29, 0.717) is 34.7 Å². The molecule has 0 bridgehead atoms. The molecule has 3 aromatic heterocycles. The number of nitrogens with one attached hydrogen (secondary N) is 1. The summed E-state index contributed by atoms with van der Waals surface area (Å²) in [6.45, 7) is 4.23. The van der Waals surface area contributed by atoms with Crippen LogP contribution in [0.1, 0.15) is 46.2 Å². The van der Waals surface area contributed by atoms with Crippen molar-refractivity contribution in [1.29, 1.82) is 0 Å². The number of pyridine rings is 1. The predicted octanol–water partition coefficient (Wildman–Crippen LogP) is 1.59. The van der Waals surface area contributed by atoms with E-state index in [9.17, 15) is 9.59 Å². The molecule has 1 amide bonds. The summed E-state index contributed by atoms with van der Waals surface area (Å²) in [7, 11) is 0. The Morgan fingerprint density at radius 1 is 1.31 bits per heavy atom. The average Bonchev–Trinajstić information content (AvgIpc) is 3.25. The number of fused-ring (bicyclic) bond motifs is 1. The first-order valence-electron chi connectivity index (χ1n) is 8.56. The lowest BCUT2D eigenvalue weighted by Crippen LogP contribution is -2.31. The van der Waals surface area contributed by atoms with Crippen molar-refractivity contribution in [2.45, 2.75) is 32.7 Å². The predicted molar refractivity (Wildman–Crippen MR) is 96.9 cm³/mol. The Bertz CT molecular complexity index is 1070. The van der Waals surface area contributed by atoms with Crippen molar-refractivity contribution in [1.82, 2.24) is 24.5 Å². The highest BCUT2D eigenvalue weighted by molar-refractivity contribution is 5.95. The number of nitrogen functional groups attached to an aromatic ring is 1. The quantitative estimate of drug-likeness (QED) is 0.728. The first kappa shape index (κ1) is 16.3. The fourth-order valence-electron chi connectivity index (χ4n) is 3.48. The second-order valence-electron chi connectivity index (χ2n) is 6.70. The number of likely N-dealkylation sites (tertiary alicyclic amines) is 1. The van der Waals surface area contributed by atoms with Gasteiger partial charge in [-0.3, -0.25) is 19.7 Å².